The normalized spacial score (nSPS) is 11.5. The van der Waals surface area contributed by atoms with Crippen LogP contribution in [0.4, 0.5) is 0 Å². The molecule has 0 atom stereocenters. The van der Waals surface area contributed by atoms with Crippen molar-refractivity contribution in [3.63, 3.8) is 0 Å². The minimum atomic E-state index is 0.00828. The minimum Gasteiger partial charge on any atom is -0.497 e. The Kier molecular flexibility index (Phi) is 4.84. The number of rotatable bonds is 4. The van der Waals surface area contributed by atoms with Gasteiger partial charge in [0.05, 0.1) is 19.2 Å². The number of methoxy groups -OCH3 is 1. The van der Waals surface area contributed by atoms with Crippen LogP contribution in [0, 0.1) is 0 Å². The predicted molar refractivity (Wildman–Crippen MR) is 89.5 cm³/mol. The number of benzene rings is 1. The third kappa shape index (κ3) is 3.92. The van der Waals surface area contributed by atoms with E-state index >= 15 is 0 Å². The number of aromatic nitrogens is 1. The molecule has 0 unspecified atom stereocenters. The second-order valence-electron chi connectivity index (χ2n) is 5.82. The number of hydrogen-bond donors (Lipinski definition) is 0. The molecule has 0 spiro atoms. The molecule has 0 aliphatic carbocycles. The average Bonchev–Trinajstić information content (AvgIpc) is 2.87. The van der Waals surface area contributed by atoms with Gasteiger partial charge < -0.3 is 4.74 Å². The Hall–Kier alpha value is -1.20. The standard InChI is InChI=1S/C16H18BrNO2S/c1-16(2,3)14-9-21-15(18-14)8-13(19)11-7-10(20-4)5-6-12(11)17/h5-7,9H,8H2,1-4H3. The van der Waals surface area contributed by atoms with E-state index in [0.717, 1.165) is 15.2 Å². The van der Waals surface area contributed by atoms with Crippen LogP contribution in [0.25, 0.3) is 0 Å². The van der Waals surface area contributed by atoms with Gasteiger partial charge in [-0.3, -0.25) is 4.79 Å². The Balaban J connectivity index is 2.20. The summed E-state index contributed by atoms with van der Waals surface area (Å²) < 4.78 is 5.95. The molecule has 0 saturated heterocycles. The lowest BCUT2D eigenvalue weighted by Gasteiger charge is -2.14. The van der Waals surface area contributed by atoms with Gasteiger partial charge in [-0.15, -0.1) is 11.3 Å². The summed E-state index contributed by atoms with van der Waals surface area (Å²) in [5.74, 6) is 0.714. The summed E-state index contributed by atoms with van der Waals surface area (Å²) in [7, 11) is 1.59. The zero-order valence-electron chi connectivity index (χ0n) is 12.6. The second-order valence-corrected chi connectivity index (χ2v) is 7.62. The maximum absolute atomic E-state index is 12.4. The molecule has 0 amide bonds. The van der Waals surface area contributed by atoms with Crippen molar-refractivity contribution in [2.45, 2.75) is 32.6 Å². The van der Waals surface area contributed by atoms with Gasteiger partial charge in [-0.25, -0.2) is 4.98 Å². The molecule has 0 aliphatic rings. The van der Waals surface area contributed by atoms with Crippen molar-refractivity contribution < 1.29 is 9.53 Å². The van der Waals surface area contributed by atoms with E-state index in [4.69, 9.17) is 4.74 Å². The molecular weight excluding hydrogens is 350 g/mol. The van der Waals surface area contributed by atoms with E-state index in [2.05, 4.69) is 41.7 Å². The lowest BCUT2D eigenvalue weighted by molar-refractivity contribution is 0.0991. The molecule has 5 heteroatoms. The Morgan fingerprint density at radius 1 is 1.38 bits per heavy atom. The summed E-state index contributed by atoms with van der Waals surface area (Å²) in [4.78, 5) is 17.0. The minimum absolute atomic E-state index is 0.00828. The Labute approximate surface area is 137 Å². The van der Waals surface area contributed by atoms with Crippen LogP contribution in [0.15, 0.2) is 28.1 Å². The van der Waals surface area contributed by atoms with Gasteiger partial charge in [0, 0.05) is 20.8 Å². The van der Waals surface area contributed by atoms with Gasteiger partial charge in [-0.1, -0.05) is 36.7 Å². The molecule has 2 rings (SSSR count). The van der Waals surface area contributed by atoms with E-state index in [1.54, 1.807) is 13.2 Å². The number of carbonyl (C=O) groups excluding carboxylic acids is 1. The molecular formula is C16H18BrNO2S. The first-order valence-electron chi connectivity index (χ1n) is 6.63. The molecule has 3 nitrogen and oxygen atoms in total. The number of thiazole rings is 1. The first kappa shape index (κ1) is 16.2. The van der Waals surface area contributed by atoms with Crippen LogP contribution in [0.3, 0.4) is 0 Å². The summed E-state index contributed by atoms with van der Waals surface area (Å²) in [6, 6.07) is 5.40. The summed E-state index contributed by atoms with van der Waals surface area (Å²) in [5.41, 5.74) is 1.66. The second kappa shape index (κ2) is 6.28. The molecule has 1 heterocycles. The predicted octanol–water partition coefficient (Wildman–Crippen LogP) is 4.64. The lowest BCUT2D eigenvalue weighted by atomic mass is 9.93. The van der Waals surface area contributed by atoms with Crippen LogP contribution >= 0.6 is 27.3 Å². The topological polar surface area (TPSA) is 39.2 Å². The quantitative estimate of drug-likeness (QED) is 0.739. The molecule has 0 saturated carbocycles. The number of carbonyl (C=O) groups is 1. The monoisotopic (exact) mass is 367 g/mol. The van der Waals surface area contributed by atoms with E-state index in [-0.39, 0.29) is 11.2 Å². The fourth-order valence-electron chi connectivity index (χ4n) is 1.81. The highest BCUT2D eigenvalue weighted by molar-refractivity contribution is 9.10. The summed E-state index contributed by atoms with van der Waals surface area (Å²) in [6.07, 6.45) is 0.312. The largest absolute Gasteiger partial charge is 0.497 e. The smallest absolute Gasteiger partial charge is 0.170 e. The van der Waals surface area contributed by atoms with Crippen molar-refractivity contribution in [3.05, 3.63) is 44.3 Å². The molecule has 1 aromatic heterocycles. The van der Waals surface area contributed by atoms with Crippen molar-refractivity contribution >= 4 is 33.0 Å². The molecule has 21 heavy (non-hydrogen) atoms. The number of nitrogens with zero attached hydrogens (tertiary/aromatic N) is 1. The van der Waals surface area contributed by atoms with Gasteiger partial charge in [0.1, 0.15) is 10.8 Å². The highest BCUT2D eigenvalue weighted by Gasteiger charge is 2.19. The van der Waals surface area contributed by atoms with E-state index in [1.807, 2.05) is 17.5 Å². The number of Topliss-reactive ketones (excluding diaryl/α,β-unsaturated/α-hetero) is 1. The van der Waals surface area contributed by atoms with Crippen LogP contribution in [0.1, 0.15) is 41.8 Å². The SMILES string of the molecule is COc1ccc(Br)c(C(=O)Cc2nc(C(C)(C)C)cs2)c1. The maximum Gasteiger partial charge on any atom is 0.170 e. The van der Waals surface area contributed by atoms with Crippen LogP contribution in [0.2, 0.25) is 0 Å². The zero-order valence-corrected chi connectivity index (χ0v) is 15.0. The van der Waals surface area contributed by atoms with Gasteiger partial charge in [0.15, 0.2) is 5.78 Å². The number of hydrogen-bond acceptors (Lipinski definition) is 4. The molecule has 0 fully saturated rings. The molecule has 112 valence electrons. The number of ketones is 1. The van der Waals surface area contributed by atoms with Gasteiger partial charge in [-0.05, 0) is 18.2 Å². The maximum atomic E-state index is 12.4. The van der Waals surface area contributed by atoms with E-state index < -0.39 is 0 Å². The molecule has 0 bridgehead atoms. The Morgan fingerprint density at radius 2 is 2.10 bits per heavy atom. The summed E-state index contributed by atoms with van der Waals surface area (Å²) >= 11 is 4.95. The van der Waals surface area contributed by atoms with Crippen LogP contribution in [-0.2, 0) is 11.8 Å². The zero-order chi connectivity index (χ0) is 15.6. The van der Waals surface area contributed by atoms with Crippen molar-refractivity contribution in [1.82, 2.24) is 4.98 Å². The lowest BCUT2D eigenvalue weighted by Crippen LogP contribution is -2.12. The van der Waals surface area contributed by atoms with Gasteiger partial charge in [0.2, 0.25) is 0 Å². The van der Waals surface area contributed by atoms with Crippen LogP contribution in [0.5, 0.6) is 5.75 Å². The van der Waals surface area contributed by atoms with Gasteiger partial charge in [0.25, 0.3) is 0 Å². The van der Waals surface area contributed by atoms with Crippen LogP contribution < -0.4 is 4.74 Å². The van der Waals surface area contributed by atoms with Crippen molar-refractivity contribution in [1.29, 1.82) is 0 Å². The Morgan fingerprint density at radius 3 is 2.67 bits per heavy atom. The first-order chi connectivity index (χ1) is 9.81. The molecule has 0 radical (unpaired) electrons. The molecule has 0 aliphatic heterocycles. The van der Waals surface area contributed by atoms with Crippen LogP contribution in [-0.4, -0.2) is 17.9 Å². The van der Waals surface area contributed by atoms with E-state index in [0.29, 0.717) is 17.7 Å². The average molecular weight is 368 g/mol. The van der Waals surface area contributed by atoms with E-state index in [1.165, 1.54) is 11.3 Å². The number of ether oxygens (including phenoxy) is 1. The van der Waals surface area contributed by atoms with Gasteiger partial charge in [-0.2, -0.15) is 0 Å². The third-order valence-corrected chi connectivity index (χ3v) is 4.65. The number of halogens is 1. The first-order valence-corrected chi connectivity index (χ1v) is 8.30. The van der Waals surface area contributed by atoms with Crippen molar-refractivity contribution in [3.8, 4) is 5.75 Å². The van der Waals surface area contributed by atoms with E-state index in [9.17, 15) is 4.79 Å². The van der Waals surface area contributed by atoms with Crippen molar-refractivity contribution in [2.75, 3.05) is 7.11 Å². The Bertz CT molecular complexity index is 659. The molecule has 0 N–H and O–H groups in total. The highest BCUT2D eigenvalue weighted by atomic mass is 79.9. The third-order valence-electron chi connectivity index (χ3n) is 3.11. The van der Waals surface area contributed by atoms with Crippen molar-refractivity contribution in [2.24, 2.45) is 0 Å². The highest BCUT2D eigenvalue weighted by Crippen LogP contribution is 2.27. The van der Waals surface area contributed by atoms with Gasteiger partial charge >= 0.3 is 0 Å². The molecule has 1 aromatic carbocycles. The summed E-state index contributed by atoms with van der Waals surface area (Å²) in [5, 5.41) is 2.88. The summed E-state index contributed by atoms with van der Waals surface area (Å²) in [6.45, 7) is 6.35. The fraction of sp³-hybridized carbons (Fsp3) is 0.375. The fourth-order valence-corrected chi connectivity index (χ4v) is 3.30. The molecule has 2 aromatic rings.